The molecule has 6 aromatic heterocycles. The van der Waals surface area contributed by atoms with Crippen molar-refractivity contribution in [2.45, 2.75) is 82.5 Å². The smallest absolute Gasteiger partial charge is 0.306 e. The summed E-state index contributed by atoms with van der Waals surface area (Å²) in [6.07, 6.45) is -1.37. The van der Waals surface area contributed by atoms with Crippen molar-refractivity contribution in [3.63, 3.8) is 0 Å². The van der Waals surface area contributed by atoms with E-state index < -0.39 is 89.4 Å². The van der Waals surface area contributed by atoms with Crippen molar-refractivity contribution in [1.82, 2.24) is 56.5 Å². The number of nitrogens with one attached hydrogen (secondary N) is 6. The molecule has 0 saturated carbocycles. The number of hydrogen-bond acceptors (Lipinski definition) is 22. The number of ether oxygens (including phenoxy) is 1. The number of carbonyl (C=O) groups excluding carboxylic acids is 6. The summed E-state index contributed by atoms with van der Waals surface area (Å²) in [6, 6.07) is 8.50. The van der Waals surface area contributed by atoms with Crippen LogP contribution in [-0.4, -0.2) is 131 Å². The van der Waals surface area contributed by atoms with Crippen molar-refractivity contribution in [1.29, 1.82) is 0 Å². The van der Waals surface area contributed by atoms with Crippen LogP contribution >= 0.6 is 68.4 Å². The number of hydrogen-bond donors (Lipinski definition) is 8. The van der Waals surface area contributed by atoms with Gasteiger partial charge in [0.25, 0.3) is 11.8 Å². The molecule has 82 heavy (non-hydrogen) atoms. The maximum Gasteiger partial charge on any atom is 0.306 e. The summed E-state index contributed by atoms with van der Waals surface area (Å²) in [6.45, 7) is 6.67. The van der Waals surface area contributed by atoms with Gasteiger partial charge < -0.3 is 46.9 Å². The zero-order valence-electron chi connectivity index (χ0n) is 44.7. The number of anilines is 1. The lowest BCUT2D eigenvalue weighted by Gasteiger charge is -2.23. The molecule has 23 nitrogen and oxygen atoms in total. The number of amides is 6. The number of aryl methyl sites for hydroxylation is 1. The Bertz CT molecular complexity index is 3560. The van der Waals surface area contributed by atoms with E-state index in [1.54, 1.807) is 70.9 Å². The summed E-state index contributed by atoms with van der Waals surface area (Å²) < 4.78 is 5.50. The lowest BCUT2D eigenvalue weighted by molar-refractivity contribution is -0.141. The maximum absolute atomic E-state index is 14.3. The number of benzene rings is 1. The van der Waals surface area contributed by atoms with Crippen LogP contribution in [0.2, 0.25) is 0 Å². The van der Waals surface area contributed by atoms with E-state index in [-0.39, 0.29) is 49.0 Å². The van der Waals surface area contributed by atoms with Gasteiger partial charge in [0, 0.05) is 52.5 Å². The molecule has 10 bridgehead atoms. The molecule has 8 heterocycles. The van der Waals surface area contributed by atoms with Gasteiger partial charge in [0.1, 0.15) is 77.5 Å². The molecule has 0 fully saturated rings. The topological polar surface area (TPSA) is 331 Å². The molecule has 1 aromatic carbocycles. The Morgan fingerprint density at radius 2 is 1.48 bits per heavy atom. The summed E-state index contributed by atoms with van der Waals surface area (Å²) in [5, 5.41) is 46.7. The average Bonchev–Trinajstić information content (AvgIpc) is 4.36. The van der Waals surface area contributed by atoms with Crippen LogP contribution in [0.3, 0.4) is 0 Å². The third-order valence-electron chi connectivity index (χ3n) is 13.0. The van der Waals surface area contributed by atoms with E-state index in [2.05, 4.69) is 36.9 Å². The van der Waals surface area contributed by atoms with Crippen molar-refractivity contribution in [3.8, 4) is 43.4 Å². The molecule has 8 N–H and O–H groups in total. The number of fused-ring (bicyclic) bond motifs is 13. The lowest BCUT2D eigenvalue weighted by Crippen LogP contribution is -2.45. The number of thioether (sulfide) groups is 1. The number of carboxylic acids is 1. The fourth-order valence-electron chi connectivity index (χ4n) is 8.58. The van der Waals surface area contributed by atoms with E-state index in [1.807, 2.05) is 13.8 Å². The molecule has 0 aliphatic carbocycles. The van der Waals surface area contributed by atoms with Gasteiger partial charge in [0.2, 0.25) is 23.6 Å². The van der Waals surface area contributed by atoms with E-state index in [1.165, 1.54) is 78.2 Å². The first-order valence-corrected chi connectivity index (χ1v) is 30.8. The number of aliphatic carboxylic acids is 1. The number of aromatic nitrogens is 6. The quantitative estimate of drug-likeness (QED) is 0.0596. The van der Waals surface area contributed by atoms with Crippen LogP contribution < -0.4 is 31.9 Å². The number of methoxy groups -OCH3 is 1. The number of thiazole rings is 5. The minimum absolute atomic E-state index is 0.0203. The molecule has 2 aliphatic heterocycles. The number of carbonyl (C=O) groups is 7. The first-order valence-electron chi connectivity index (χ1n) is 25.6. The first-order chi connectivity index (χ1) is 39.4. The minimum atomic E-state index is -1.27. The van der Waals surface area contributed by atoms with Gasteiger partial charge in [-0.2, -0.15) is 0 Å². The van der Waals surface area contributed by atoms with Gasteiger partial charge in [0.15, 0.2) is 0 Å². The van der Waals surface area contributed by atoms with E-state index >= 15 is 0 Å². The van der Waals surface area contributed by atoms with E-state index in [0.29, 0.717) is 68.9 Å². The van der Waals surface area contributed by atoms with Crippen LogP contribution in [0.1, 0.15) is 99.7 Å². The van der Waals surface area contributed by atoms with Gasteiger partial charge in [-0.25, -0.2) is 29.9 Å². The highest BCUT2D eigenvalue weighted by Crippen LogP contribution is 2.40. The Kier molecular flexibility index (Phi) is 19.1. The fourth-order valence-corrected chi connectivity index (χ4v) is 14.3. The summed E-state index contributed by atoms with van der Waals surface area (Å²) in [5.41, 5.74) is 2.67. The van der Waals surface area contributed by atoms with E-state index in [0.717, 1.165) is 11.3 Å². The molecule has 0 spiro atoms. The maximum atomic E-state index is 14.3. The van der Waals surface area contributed by atoms with Crippen molar-refractivity contribution in [2.24, 2.45) is 16.8 Å². The molecule has 29 heteroatoms. The third kappa shape index (κ3) is 13.8. The van der Waals surface area contributed by atoms with Crippen molar-refractivity contribution >= 4 is 121 Å². The lowest BCUT2D eigenvalue weighted by atomic mass is 10.0. The number of aliphatic hydroxyl groups excluding tert-OH is 1. The molecule has 0 radical (unpaired) electrons. The molecule has 0 saturated heterocycles. The Balaban J connectivity index is 1.11. The SMILES string of the molecule is CNC(=O)C[C@@H]1NC(=O)c2csc(n2)-c2ccc(-c3nc(NC(=O)CC[C@@H](C)C(=O)O)cs3)nc2-c2csc(n2)-c2csc(n2)[C@H]([C@@H](O)c2ccccc2)NC(=O)CNC(=O)C2N=C(SC2COC)[C@H](C(C)C)NC(=O)c2nc1sc2C. The Labute approximate surface area is 493 Å². The van der Waals surface area contributed by atoms with Crippen LogP contribution in [0, 0.1) is 18.8 Å². The molecule has 428 valence electrons. The Morgan fingerprint density at radius 1 is 0.756 bits per heavy atom. The van der Waals surface area contributed by atoms with Gasteiger partial charge in [-0.1, -0.05) is 51.1 Å². The monoisotopic (exact) mass is 1230 g/mol. The molecule has 7 aromatic rings. The Hall–Kier alpha value is -7.25. The van der Waals surface area contributed by atoms with Gasteiger partial charge in [-0.3, -0.25) is 38.6 Å². The van der Waals surface area contributed by atoms with E-state index in [9.17, 15) is 43.8 Å². The van der Waals surface area contributed by atoms with E-state index in [4.69, 9.17) is 34.6 Å². The molecule has 9 rings (SSSR count). The highest BCUT2D eigenvalue weighted by molar-refractivity contribution is 8.15. The van der Waals surface area contributed by atoms with Gasteiger partial charge >= 0.3 is 5.97 Å². The van der Waals surface area contributed by atoms with Crippen LogP contribution in [0.15, 0.2) is 69.0 Å². The number of aliphatic hydroxyl groups is 1. The van der Waals surface area contributed by atoms with Gasteiger partial charge in [-0.05, 0) is 37.0 Å². The molecule has 2 unspecified atom stereocenters. The average molecular weight is 1230 g/mol. The van der Waals surface area contributed by atoms with Crippen LogP contribution in [0.4, 0.5) is 5.82 Å². The highest BCUT2D eigenvalue weighted by atomic mass is 32.2. The molecular formula is C53H55N13O10S6. The first kappa shape index (κ1) is 59.4. The summed E-state index contributed by atoms with van der Waals surface area (Å²) in [4.78, 5) is 128. The van der Waals surface area contributed by atoms with Crippen LogP contribution in [0.5, 0.6) is 0 Å². The predicted molar refractivity (Wildman–Crippen MR) is 315 cm³/mol. The summed E-state index contributed by atoms with van der Waals surface area (Å²) in [5.74, 6) is -4.81. The zero-order chi connectivity index (χ0) is 58.4. The van der Waals surface area contributed by atoms with Gasteiger partial charge in [0.05, 0.1) is 53.6 Å². The number of rotatable bonds is 13. The summed E-state index contributed by atoms with van der Waals surface area (Å²) in [7, 11) is 2.97. The molecule has 6 amide bonds. The van der Waals surface area contributed by atoms with Crippen molar-refractivity contribution < 1.29 is 48.5 Å². The van der Waals surface area contributed by atoms with Crippen molar-refractivity contribution in [3.05, 3.63) is 95.8 Å². The second-order valence-corrected chi connectivity index (χ2v) is 25.3. The Morgan fingerprint density at radius 3 is 2.22 bits per heavy atom. The fraction of sp³-hybridized carbons (Fsp3) is 0.358. The number of aliphatic imine (C=N–C) groups is 1. The largest absolute Gasteiger partial charge is 0.481 e. The number of nitrogens with zero attached hydrogens (tertiary/aromatic N) is 7. The van der Waals surface area contributed by atoms with Gasteiger partial charge in [-0.15, -0.1) is 68.4 Å². The van der Waals surface area contributed by atoms with Crippen LogP contribution in [-0.2, 0) is 28.7 Å². The minimum Gasteiger partial charge on any atom is -0.481 e. The highest BCUT2D eigenvalue weighted by Gasteiger charge is 2.40. The number of pyridine rings is 1. The van der Waals surface area contributed by atoms with Crippen molar-refractivity contribution in [2.75, 3.05) is 32.6 Å². The predicted octanol–water partition coefficient (Wildman–Crippen LogP) is 6.69. The zero-order valence-corrected chi connectivity index (χ0v) is 49.6. The standard InChI is InChI=1S/C53H55N13O10S6/c1-23(2)38-52-66-41(33(82-52)18-76-6)45(72)55-17-37(69)63-42(43(70)26-10-8-7-9-11-26)51-60-32(21-79-51)49-58-30(19-78-49)40-27(13-14-28(56-40)48-62-34(22-80-48)61-35(67)15-12-24(3)53(74)75)47-59-31(20-77-47)44(71)57-29(16-36(68)54-5)50-65-39(25(4)81-50)46(73)64-38/h7-11,13-14,19-24,29,33,38,41-43,70H,12,15-18H2,1-6H3,(H,54,68)(H,55,72)(H,57,71)(H,61,67)(H,63,69)(H,64,73)(H,74,75)/t24-,29+,33?,38+,41?,42+,43+/m1/s1. The normalized spacial score (nSPS) is 19.5. The molecule has 7 atom stereocenters. The molecular weight excluding hydrogens is 1170 g/mol. The third-order valence-corrected chi connectivity index (χ3v) is 19.0. The summed E-state index contributed by atoms with van der Waals surface area (Å²) >= 11 is 7.26. The van der Waals surface area contributed by atoms with Crippen LogP contribution in [0.25, 0.3) is 43.4 Å². The number of carboxylic acid groups (broad SMARTS) is 1. The second kappa shape index (κ2) is 26.3. The second-order valence-electron chi connectivity index (χ2n) is 19.3. The molecule has 2 aliphatic rings.